The lowest BCUT2D eigenvalue weighted by Crippen LogP contribution is -2.46. The summed E-state index contributed by atoms with van der Waals surface area (Å²) in [6, 6.07) is 0.0185. The highest BCUT2D eigenvalue weighted by Gasteiger charge is 2.38. The summed E-state index contributed by atoms with van der Waals surface area (Å²) in [5.41, 5.74) is 5.80. The van der Waals surface area contributed by atoms with Gasteiger partial charge < -0.3 is 11.1 Å². The van der Waals surface area contributed by atoms with Crippen molar-refractivity contribution in [3.05, 3.63) is 0 Å². The number of rotatable bonds is 6. The molecule has 0 bridgehead atoms. The number of hydrogen-bond donors (Lipinski definition) is 2. The first-order valence-electron chi connectivity index (χ1n) is 6.02. The van der Waals surface area contributed by atoms with E-state index >= 15 is 0 Å². The fourth-order valence-corrected chi connectivity index (χ4v) is 2.03. The molecule has 1 fully saturated rings. The third kappa shape index (κ3) is 4.20. The van der Waals surface area contributed by atoms with Crippen LogP contribution in [0.5, 0.6) is 0 Å². The van der Waals surface area contributed by atoms with Crippen molar-refractivity contribution in [2.45, 2.75) is 64.5 Å². The summed E-state index contributed by atoms with van der Waals surface area (Å²) in [7, 11) is 0. The fraction of sp³-hybridized carbons (Fsp3) is 0.917. The van der Waals surface area contributed by atoms with Crippen LogP contribution in [-0.4, -0.2) is 17.5 Å². The Morgan fingerprint density at radius 3 is 2.60 bits per heavy atom. The van der Waals surface area contributed by atoms with Crippen molar-refractivity contribution in [1.82, 2.24) is 5.32 Å². The largest absolute Gasteiger partial charge is 0.351 e. The van der Waals surface area contributed by atoms with E-state index in [1.54, 1.807) is 0 Å². The monoisotopic (exact) mass is 212 g/mol. The van der Waals surface area contributed by atoms with Crippen LogP contribution in [0, 0.1) is 5.92 Å². The van der Waals surface area contributed by atoms with Crippen molar-refractivity contribution in [1.29, 1.82) is 0 Å². The van der Waals surface area contributed by atoms with Gasteiger partial charge in [-0.05, 0) is 39.0 Å². The first-order chi connectivity index (χ1) is 6.95. The molecule has 3 heteroatoms. The van der Waals surface area contributed by atoms with Crippen molar-refractivity contribution < 1.29 is 4.79 Å². The normalized spacial score (nSPS) is 18.7. The van der Waals surface area contributed by atoms with Crippen molar-refractivity contribution in [3.63, 3.8) is 0 Å². The van der Waals surface area contributed by atoms with Gasteiger partial charge in [-0.25, -0.2) is 0 Å². The van der Waals surface area contributed by atoms with E-state index in [0.29, 0.717) is 12.3 Å². The summed E-state index contributed by atoms with van der Waals surface area (Å²) < 4.78 is 0. The first kappa shape index (κ1) is 12.5. The average molecular weight is 212 g/mol. The van der Waals surface area contributed by atoms with E-state index in [1.165, 1.54) is 12.8 Å². The second-order valence-corrected chi connectivity index (χ2v) is 5.30. The second-order valence-electron chi connectivity index (χ2n) is 5.30. The molecule has 1 aliphatic rings. The molecule has 88 valence electrons. The van der Waals surface area contributed by atoms with E-state index in [9.17, 15) is 4.79 Å². The Bertz CT molecular complexity index is 222. The zero-order chi connectivity index (χ0) is 11.5. The van der Waals surface area contributed by atoms with Gasteiger partial charge in [-0.15, -0.1) is 0 Å². The molecule has 1 atom stereocenters. The van der Waals surface area contributed by atoms with Crippen LogP contribution in [0.4, 0.5) is 0 Å². The highest BCUT2D eigenvalue weighted by Crippen LogP contribution is 2.39. The minimum absolute atomic E-state index is 0.0185. The first-order valence-corrected chi connectivity index (χ1v) is 6.02. The van der Waals surface area contributed by atoms with Gasteiger partial charge >= 0.3 is 0 Å². The van der Waals surface area contributed by atoms with Crippen LogP contribution < -0.4 is 11.1 Å². The maximum absolute atomic E-state index is 11.7. The van der Waals surface area contributed by atoms with Crippen LogP contribution >= 0.6 is 0 Å². The zero-order valence-electron chi connectivity index (χ0n) is 10.2. The standard InChI is InChI=1S/C12H24N2O/c1-4-5-10(13)8-11(15)14-12(2,3)9-6-7-9/h9-10H,4-8,13H2,1-3H3,(H,14,15). The SMILES string of the molecule is CCCC(N)CC(=O)NC(C)(C)C1CC1. The molecule has 3 N–H and O–H groups in total. The minimum Gasteiger partial charge on any atom is -0.351 e. The number of nitrogens with two attached hydrogens (primary N) is 1. The molecule has 15 heavy (non-hydrogen) atoms. The molecular weight excluding hydrogens is 188 g/mol. The van der Waals surface area contributed by atoms with E-state index < -0.39 is 0 Å². The summed E-state index contributed by atoms with van der Waals surface area (Å²) >= 11 is 0. The van der Waals surface area contributed by atoms with Gasteiger partial charge in [0.25, 0.3) is 0 Å². The number of amides is 1. The van der Waals surface area contributed by atoms with Crippen LogP contribution in [0.15, 0.2) is 0 Å². The van der Waals surface area contributed by atoms with Crippen LogP contribution in [-0.2, 0) is 4.79 Å². The van der Waals surface area contributed by atoms with E-state index in [-0.39, 0.29) is 17.5 Å². The summed E-state index contributed by atoms with van der Waals surface area (Å²) in [5.74, 6) is 0.775. The van der Waals surface area contributed by atoms with Crippen LogP contribution in [0.1, 0.15) is 52.9 Å². The molecule has 0 aromatic rings. The van der Waals surface area contributed by atoms with Crippen molar-refractivity contribution >= 4 is 5.91 Å². The summed E-state index contributed by atoms with van der Waals surface area (Å²) in [5, 5.41) is 3.09. The average Bonchev–Trinajstić information content (AvgIpc) is 2.83. The van der Waals surface area contributed by atoms with Crippen LogP contribution in [0.2, 0.25) is 0 Å². The smallest absolute Gasteiger partial charge is 0.221 e. The zero-order valence-corrected chi connectivity index (χ0v) is 10.2. The summed E-state index contributed by atoms with van der Waals surface area (Å²) in [6.45, 7) is 6.30. The van der Waals surface area contributed by atoms with Gasteiger partial charge in [0.05, 0.1) is 0 Å². The van der Waals surface area contributed by atoms with Crippen molar-refractivity contribution in [3.8, 4) is 0 Å². The van der Waals surface area contributed by atoms with E-state index in [0.717, 1.165) is 12.8 Å². The van der Waals surface area contributed by atoms with Gasteiger partial charge in [0.15, 0.2) is 0 Å². The van der Waals surface area contributed by atoms with Crippen molar-refractivity contribution in [2.24, 2.45) is 11.7 Å². The molecule has 1 amide bonds. The summed E-state index contributed by atoms with van der Waals surface area (Å²) in [6.07, 6.45) is 4.92. The molecule has 1 aliphatic carbocycles. The number of carbonyl (C=O) groups excluding carboxylic acids is 1. The molecule has 1 saturated carbocycles. The molecule has 0 aromatic heterocycles. The molecule has 0 aliphatic heterocycles. The predicted molar refractivity (Wildman–Crippen MR) is 62.4 cm³/mol. The van der Waals surface area contributed by atoms with Gasteiger partial charge in [0.2, 0.25) is 5.91 Å². The third-order valence-corrected chi connectivity index (χ3v) is 3.17. The van der Waals surface area contributed by atoms with E-state index in [2.05, 4.69) is 26.1 Å². The van der Waals surface area contributed by atoms with Crippen LogP contribution in [0.3, 0.4) is 0 Å². The van der Waals surface area contributed by atoms with Gasteiger partial charge in [-0.2, -0.15) is 0 Å². The molecule has 0 spiro atoms. The highest BCUT2D eigenvalue weighted by atomic mass is 16.1. The molecule has 0 radical (unpaired) electrons. The lowest BCUT2D eigenvalue weighted by Gasteiger charge is -2.26. The molecule has 1 unspecified atom stereocenters. The van der Waals surface area contributed by atoms with E-state index in [1.807, 2.05) is 0 Å². The Hall–Kier alpha value is -0.570. The Kier molecular flexibility index (Phi) is 4.14. The van der Waals surface area contributed by atoms with Gasteiger partial charge in [0.1, 0.15) is 0 Å². The third-order valence-electron chi connectivity index (χ3n) is 3.17. The molecule has 0 aromatic carbocycles. The predicted octanol–water partition coefficient (Wildman–Crippen LogP) is 1.81. The lowest BCUT2D eigenvalue weighted by molar-refractivity contribution is -0.123. The van der Waals surface area contributed by atoms with Gasteiger partial charge in [0, 0.05) is 18.0 Å². The fourth-order valence-electron chi connectivity index (χ4n) is 2.03. The Morgan fingerprint density at radius 1 is 1.53 bits per heavy atom. The molecule has 1 rings (SSSR count). The van der Waals surface area contributed by atoms with Crippen LogP contribution in [0.25, 0.3) is 0 Å². The molecule has 3 nitrogen and oxygen atoms in total. The maximum Gasteiger partial charge on any atom is 0.221 e. The maximum atomic E-state index is 11.7. The number of nitrogens with one attached hydrogen (secondary N) is 1. The number of hydrogen-bond acceptors (Lipinski definition) is 2. The van der Waals surface area contributed by atoms with Gasteiger partial charge in [-0.3, -0.25) is 4.79 Å². The molecule has 0 saturated heterocycles. The Labute approximate surface area is 92.8 Å². The quantitative estimate of drug-likeness (QED) is 0.705. The molecular formula is C12H24N2O. The Balaban J connectivity index is 2.28. The summed E-state index contributed by atoms with van der Waals surface area (Å²) in [4.78, 5) is 11.7. The van der Waals surface area contributed by atoms with Gasteiger partial charge in [-0.1, -0.05) is 13.3 Å². The number of carbonyl (C=O) groups is 1. The molecule has 0 heterocycles. The van der Waals surface area contributed by atoms with Crippen molar-refractivity contribution in [2.75, 3.05) is 0 Å². The Morgan fingerprint density at radius 2 is 2.13 bits per heavy atom. The highest BCUT2D eigenvalue weighted by molar-refractivity contribution is 5.77. The lowest BCUT2D eigenvalue weighted by atomic mass is 9.98. The topological polar surface area (TPSA) is 55.1 Å². The minimum atomic E-state index is -0.0387. The second kappa shape index (κ2) is 4.97. The van der Waals surface area contributed by atoms with E-state index in [4.69, 9.17) is 5.73 Å².